The van der Waals surface area contributed by atoms with E-state index < -0.39 is 5.97 Å². The van der Waals surface area contributed by atoms with Crippen LogP contribution < -0.4 is 0 Å². The molecule has 0 spiro atoms. The Morgan fingerprint density at radius 2 is 2.25 bits per heavy atom. The molecule has 0 aromatic rings. The maximum Gasteiger partial charge on any atom is 0.164 e. The number of carbonyl (C=O) groups excluding carboxylic acids is 1. The summed E-state index contributed by atoms with van der Waals surface area (Å²) in [7, 11) is 0. The van der Waals surface area contributed by atoms with Gasteiger partial charge in [0, 0.05) is 32.7 Å². The van der Waals surface area contributed by atoms with Gasteiger partial charge in [-0.3, -0.25) is 11.7 Å². The van der Waals surface area contributed by atoms with Crippen LogP contribution in [0.5, 0.6) is 0 Å². The van der Waals surface area contributed by atoms with Gasteiger partial charge in [0.25, 0.3) is 0 Å². The molecule has 1 radical (unpaired) electrons. The van der Waals surface area contributed by atoms with Crippen molar-refractivity contribution in [2.24, 2.45) is 0 Å². The van der Waals surface area contributed by atoms with E-state index in [-0.39, 0.29) is 32.7 Å². The molecule has 0 aliphatic rings. The molecule has 2 nitrogen and oxygen atoms in total. The molecule has 0 aromatic heterocycles. The van der Waals surface area contributed by atoms with Crippen LogP contribution in [0.15, 0.2) is 0 Å². The van der Waals surface area contributed by atoms with Gasteiger partial charge < -0.3 is 4.74 Å². The summed E-state index contributed by atoms with van der Waals surface area (Å²) in [6.45, 7) is 5.44. The normalized spacial score (nSPS) is 7.12. The van der Waals surface area contributed by atoms with E-state index >= 15 is 0 Å². The zero-order valence-electron chi connectivity index (χ0n) is 5.02. The Balaban J connectivity index is 0. The smallest absolute Gasteiger partial charge is 0.164 e. The molecule has 3 heteroatoms. The molecule has 0 saturated heterocycles. The van der Waals surface area contributed by atoms with Crippen molar-refractivity contribution < 1.29 is 42.2 Å². The average Bonchev–Trinajstić information content (AvgIpc) is 1.61. The molecule has 0 unspecified atom stereocenters. The molecule has 0 fully saturated rings. The molecule has 0 N–H and O–H groups in total. The Kier molecular flexibility index (Phi) is 10.5. The second kappa shape index (κ2) is 7.44. The molecule has 0 heterocycles. The van der Waals surface area contributed by atoms with Gasteiger partial charge in [0.2, 0.25) is 0 Å². The zero-order chi connectivity index (χ0) is 5.70. The van der Waals surface area contributed by atoms with E-state index in [1.54, 1.807) is 0 Å². The number of hydrogen-bond donors (Lipinski definition) is 0. The van der Waals surface area contributed by atoms with Gasteiger partial charge in [0.1, 0.15) is 0 Å². The molecule has 0 saturated carbocycles. The second-order valence-electron chi connectivity index (χ2n) is 1.22. The Morgan fingerprint density at radius 3 is 2.38 bits per heavy atom. The summed E-state index contributed by atoms with van der Waals surface area (Å²) < 4.78 is 4.44. The molecule has 0 aliphatic carbocycles. The molecular weight excluding hydrogens is 181 g/mol. The van der Waals surface area contributed by atoms with Crippen molar-refractivity contribution in [3.05, 3.63) is 6.92 Å². The van der Waals surface area contributed by atoms with E-state index in [1.807, 2.05) is 6.92 Å². The van der Waals surface area contributed by atoms with Gasteiger partial charge in [-0.15, -0.1) is 0 Å². The van der Waals surface area contributed by atoms with Crippen LogP contribution in [0.25, 0.3) is 0 Å². The summed E-state index contributed by atoms with van der Waals surface area (Å²) in [5.74, 6) is -0.443. The summed E-state index contributed by atoms with van der Waals surface area (Å²) in [5.41, 5.74) is 0. The number of rotatable bonds is 2. The van der Waals surface area contributed by atoms with E-state index in [2.05, 4.69) is 11.7 Å². The molecule has 45 valence electrons. The van der Waals surface area contributed by atoms with Crippen LogP contribution in [0.4, 0.5) is 0 Å². The quantitative estimate of drug-likeness (QED) is 0.474. The third kappa shape index (κ3) is 9.67. The number of ether oxygens (including phenoxy) is 1. The third-order valence-electron chi connectivity index (χ3n) is 0.467. The molecule has 0 amide bonds. The van der Waals surface area contributed by atoms with Gasteiger partial charge in [0.05, 0.1) is 6.61 Å². The van der Waals surface area contributed by atoms with Crippen LogP contribution in [-0.4, -0.2) is 12.6 Å². The number of carbonyl (C=O) groups is 1. The van der Waals surface area contributed by atoms with E-state index in [1.165, 1.54) is 0 Å². The van der Waals surface area contributed by atoms with Gasteiger partial charge in [-0.2, -0.15) is 0 Å². The first-order chi connectivity index (χ1) is 3.27. The number of esters is 1. The predicted molar refractivity (Wildman–Crippen MR) is 26.6 cm³/mol. The molecule has 8 heavy (non-hydrogen) atoms. The first-order valence-electron chi connectivity index (χ1n) is 2.26. The van der Waals surface area contributed by atoms with E-state index in [0.29, 0.717) is 6.61 Å². The van der Waals surface area contributed by atoms with E-state index in [0.717, 1.165) is 6.42 Å². The number of hydrogen-bond acceptors (Lipinski definition) is 2. The van der Waals surface area contributed by atoms with Crippen molar-refractivity contribution in [1.82, 2.24) is 0 Å². The summed E-state index contributed by atoms with van der Waals surface area (Å²) in [4.78, 5) is 9.87. The van der Waals surface area contributed by atoms with Crippen molar-refractivity contribution in [2.75, 3.05) is 6.61 Å². The van der Waals surface area contributed by atoms with Crippen molar-refractivity contribution in [3.8, 4) is 0 Å². The fourth-order valence-corrected chi connectivity index (χ4v) is 0.216. The summed E-state index contributed by atoms with van der Waals surface area (Å²) in [6.07, 6.45) is 0.862. The fourth-order valence-electron chi connectivity index (χ4n) is 0.216. The average molecular weight is 190 g/mol. The molecule has 0 bridgehead atoms. The Bertz CT molecular complexity index is 63.4. The molecule has 0 aromatic carbocycles. The second-order valence-corrected chi connectivity index (χ2v) is 1.22. The fraction of sp³-hybridized carbons (Fsp3) is 0.600. The van der Waals surface area contributed by atoms with Crippen molar-refractivity contribution in [2.45, 2.75) is 13.3 Å². The van der Waals surface area contributed by atoms with Gasteiger partial charge >= 0.3 is 0 Å². The first-order valence-corrected chi connectivity index (χ1v) is 2.26. The van der Waals surface area contributed by atoms with Crippen molar-refractivity contribution in [1.29, 1.82) is 0 Å². The van der Waals surface area contributed by atoms with Crippen LogP contribution in [0.3, 0.4) is 0 Å². The van der Waals surface area contributed by atoms with Gasteiger partial charge in [-0.1, -0.05) is 6.92 Å². The molecule has 0 rings (SSSR count). The van der Waals surface area contributed by atoms with E-state index in [4.69, 9.17) is 0 Å². The summed E-state index contributed by atoms with van der Waals surface area (Å²) >= 11 is 0. The topological polar surface area (TPSA) is 26.3 Å². The first kappa shape index (κ1) is 11.3. The summed E-state index contributed by atoms with van der Waals surface area (Å²) in [6, 6.07) is 0. The molecule has 0 atom stereocenters. The van der Waals surface area contributed by atoms with Crippen LogP contribution in [0.2, 0.25) is 0 Å². The Hall–Kier alpha value is 0.444. The van der Waals surface area contributed by atoms with Gasteiger partial charge in [0.15, 0.2) is 5.97 Å². The monoisotopic (exact) mass is 190 g/mol. The molecular formula is C5H9O2Y-. The minimum absolute atomic E-state index is 0. The summed E-state index contributed by atoms with van der Waals surface area (Å²) in [5, 5.41) is 0. The van der Waals surface area contributed by atoms with E-state index in [9.17, 15) is 4.79 Å². The third-order valence-corrected chi connectivity index (χ3v) is 0.467. The van der Waals surface area contributed by atoms with Gasteiger partial charge in [-0.25, -0.2) is 0 Å². The van der Waals surface area contributed by atoms with Crippen LogP contribution in [0, 0.1) is 6.92 Å². The zero-order valence-corrected chi connectivity index (χ0v) is 7.85. The maximum absolute atomic E-state index is 9.87. The van der Waals surface area contributed by atoms with Crippen LogP contribution >= 0.6 is 0 Å². The maximum atomic E-state index is 9.87. The van der Waals surface area contributed by atoms with Crippen molar-refractivity contribution >= 4 is 5.97 Å². The van der Waals surface area contributed by atoms with Crippen LogP contribution in [-0.2, 0) is 42.2 Å². The SMILES string of the molecule is [CH2-]C(=O)OCCC.[Y]. The minimum Gasteiger partial charge on any atom is -0.488 e. The van der Waals surface area contributed by atoms with Crippen molar-refractivity contribution in [3.63, 3.8) is 0 Å². The van der Waals surface area contributed by atoms with Crippen LogP contribution in [0.1, 0.15) is 13.3 Å². The largest absolute Gasteiger partial charge is 0.488 e. The standard InChI is InChI=1S/C5H9O2.Y/c1-3-4-7-5(2)6;/h2-4H2,1H3;/q-1;. The van der Waals surface area contributed by atoms with Gasteiger partial charge in [-0.05, 0) is 6.42 Å². The minimum atomic E-state index is -0.443. The Labute approximate surface area is 74.9 Å². The molecule has 0 aliphatic heterocycles. The predicted octanol–water partition coefficient (Wildman–Crippen LogP) is 0.771. The Morgan fingerprint density at radius 1 is 1.75 bits per heavy atom.